The third-order valence-electron chi connectivity index (χ3n) is 5.72. The summed E-state index contributed by atoms with van der Waals surface area (Å²) in [5.74, 6) is 2.18. The van der Waals surface area contributed by atoms with Crippen LogP contribution in [0.15, 0.2) is 41.6 Å². The number of nitrogens with zero attached hydrogens (tertiary/aromatic N) is 4. The highest BCUT2D eigenvalue weighted by atomic mass is 32.2. The first kappa shape index (κ1) is 24.2. The van der Waals surface area contributed by atoms with Gasteiger partial charge in [0.1, 0.15) is 5.75 Å². The number of thioether (sulfide) groups is 1. The monoisotopic (exact) mass is 457 g/mol. The van der Waals surface area contributed by atoms with E-state index in [9.17, 15) is 4.79 Å². The van der Waals surface area contributed by atoms with Crippen molar-refractivity contribution in [2.75, 3.05) is 31.3 Å². The molecule has 8 heteroatoms. The molecular formula is C24H35N5O2S. The van der Waals surface area contributed by atoms with Gasteiger partial charge >= 0.3 is 0 Å². The molecule has 1 aliphatic rings. The molecule has 1 heterocycles. The third-order valence-corrected chi connectivity index (χ3v) is 6.64. The molecule has 0 unspecified atom stereocenters. The van der Waals surface area contributed by atoms with Crippen LogP contribution in [0.2, 0.25) is 0 Å². The number of anilines is 1. The molecule has 0 bridgehead atoms. The minimum Gasteiger partial charge on any atom is -0.497 e. The second-order valence-corrected chi connectivity index (χ2v) is 9.24. The molecule has 0 aliphatic heterocycles. The Kier molecular flexibility index (Phi) is 9.02. The Morgan fingerprint density at radius 3 is 2.78 bits per heavy atom. The molecule has 1 aliphatic carbocycles. The zero-order valence-electron chi connectivity index (χ0n) is 19.5. The van der Waals surface area contributed by atoms with E-state index in [-0.39, 0.29) is 5.91 Å². The van der Waals surface area contributed by atoms with Crippen LogP contribution in [-0.2, 0) is 11.3 Å². The fourth-order valence-electron chi connectivity index (χ4n) is 4.07. The van der Waals surface area contributed by atoms with Crippen LogP contribution in [0.25, 0.3) is 0 Å². The highest BCUT2D eigenvalue weighted by Gasteiger charge is 2.24. The Morgan fingerprint density at radius 2 is 2.09 bits per heavy atom. The SMILES string of the molecule is C=C(C)CN(CC)C(=O)CSc1nnc(CNc2cccc(OC)c2)n1C1CCCCC1. The van der Waals surface area contributed by atoms with Crippen LogP contribution in [0.4, 0.5) is 5.69 Å². The van der Waals surface area contributed by atoms with Crippen molar-refractivity contribution in [1.29, 1.82) is 0 Å². The molecule has 1 fully saturated rings. The Bertz CT molecular complexity index is 908. The van der Waals surface area contributed by atoms with Gasteiger partial charge in [0.15, 0.2) is 11.0 Å². The number of benzene rings is 1. The molecule has 174 valence electrons. The first-order valence-corrected chi connectivity index (χ1v) is 12.4. The quantitative estimate of drug-likeness (QED) is 0.381. The van der Waals surface area contributed by atoms with Crippen LogP contribution >= 0.6 is 11.8 Å². The van der Waals surface area contributed by atoms with E-state index < -0.39 is 0 Å². The van der Waals surface area contributed by atoms with Gasteiger partial charge in [0.2, 0.25) is 5.91 Å². The molecule has 0 atom stereocenters. The van der Waals surface area contributed by atoms with Crippen molar-refractivity contribution in [2.24, 2.45) is 0 Å². The standard InChI is InChI=1S/C24H35N5O2S/c1-5-28(16-18(2)3)23(30)17-32-24-27-26-22(29(24)20-11-7-6-8-12-20)15-25-19-10-9-13-21(14-19)31-4/h9-10,13-14,20,25H,2,5-8,11-12,15-17H2,1,3-4H3. The summed E-state index contributed by atoms with van der Waals surface area (Å²) in [6.45, 7) is 9.73. The van der Waals surface area contributed by atoms with Crippen LogP contribution in [0.3, 0.4) is 0 Å². The van der Waals surface area contributed by atoms with Crippen molar-refractivity contribution in [1.82, 2.24) is 19.7 Å². The minimum absolute atomic E-state index is 0.106. The average molecular weight is 458 g/mol. The van der Waals surface area contributed by atoms with E-state index in [2.05, 4.69) is 26.7 Å². The highest BCUT2D eigenvalue weighted by molar-refractivity contribution is 7.99. The first-order valence-electron chi connectivity index (χ1n) is 11.4. The number of likely N-dealkylation sites (N-methyl/N-ethyl adjacent to an activating group) is 1. The second-order valence-electron chi connectivity index (χ2n) is 8.30. The molecule has 0 spiro atoms. The smallest absolute Gasteiger partial charge is 0.233 e. The number of hydrogen-bond donors (Lipinski definition) is 1. The lowest BCUT2D eigenvalue weighted by atomic mass is 9.95. The Morgan fingerprint density at radius 1 is 1.31 bits per heavy atom. The maximum Gasteiger partial charge on any atom is 0.233 e. The van der Waals surface area contributed by atoms with Crippen LogP contribution in [0.1, 0.15) is 57.8 Å². The molecule has 1 amide bonds. The lowest BCUT2D eigenvalue weighted by Gasteiger charge is -2.26. The predicted octanol–water partition coefficient (Wildman–Crippen LogP) is 4.92. The van der Waals surface area contributed by atoms with E-state index in [1.807, 2.05) is 43.0 Å². The van der Waals surface area contributed by atoms with Crippen LogP contribution < -0.4 is 10.1 Å². The number of carbonyl (C=O) groups is 1. The summed E-state index contributed by atoms with van der Waals surface area (Å²) in [5, 5.41) is 13.3. The number of nitrogens with one attached hydrogen (secondary N) is 1. The van der Waals surface area contributed by atoms with E-state index in [1.165, 1.54) is 31.0 Å². The van der Waals surface area contributed by atoms with Crippen molar-refractivity contribution in [3.8, 4) is 5.75 Å². The number of amides is 1. The summed E-state index contributed by atoms with van der Waals surface area (Å²) >= 11 is 1.49. The molecule has 3 rings (SSSR count). The zero-order valence-corrected chi connectivity index (χ0v) is 20.3. The fraction of sp³-hybridized carbons (Fsp3) is 0.542. The number of aromatic nitrogens is 3. The van der Waals surface area contributed by atoms with Gasteiger partial charge in [0.05, 0.1) is 19.4 Å². The fourth-order valence-corrected chi connectivity index (χ4v) is 4.99. The summed E-state index contributed by atoms with van der Waals surface area (Å²) in [6, 6.07) is 8.26. The molecule has 0 radical (unpaired) electrons. The lowest BCUT2D eigenvalue weighted by molar-refractivity contribution is -0.127. The topological polar surface area (TPSA) is 72.3 Å². The van der Waals surface area contributed by atoms with Gasteiger partial charge in [-0.25, -0.2) is 0 Å². The summed E-state index contributed by atoms with van der Waals surface area (Å²) in [6.07, 6.45) is 5.97. The van der Waals surface area contributed by atoms with Gasteiger partial charge in [0, 0.05) is 30.9 Å². The maximum atomic E-state index is 12.7. The van der Waals surface area contributed by atoms with Gasteiger partial charge in [-0.1, -0.05) is 49.2 Å². The summed E-state index contributed by atoms with van der Waals surface area (Å²) in [4.78, 5) is 14.6. The van der Waals surface area contributed by atoms with Crippen LogP contribution in [0.5, 0.6) is 5.75 Å². The molecule has 1 aromatic heterocycles. The molecule has 7 nitrogen and oxygen atoms in total. The summed E-state index contributed by atoms with van der Waals surface area (Å²) in [5.41, 5.74) is 1.96. The minimum atomic E-state index is 0.106. The van der Waals surface area contributed by atoms with E-state index >= 15 is 0 Å². The molecule has 32 heavy (non-hydrogen) atoms. The number of rotatable bonds is 11. The van der Waals surface area contributed by atoms with Crippen LogP contribution in [-0.4, -0.2) is 51.5 Å². The Balaban J connectivity index is 1.73. The largest absolute Gasteiger partial charge is 0.497 e. The van der Waals surface area contributed by atoms with Gasteiger partial charge in [-0.05, 0) is 38.8 Å². The first-order chi connectivity index (χ1) is 15.5. The number of carbonyl (C=O) groups excluding carboxylic acids is 1. The van der Waals surface area contributed by atoms with Gasteiger partial charge in [-0.15, -0.1) is 10.2 Å². The van der Waals surface area contributed by atoms with Crippen molar-refractivity contribution >= 4 is 23.4 Å². The van der Waals surface area contributed by atoms with Gasteiger partial charge in [-0.3, -0.25) is 4.79 Å². The van der Waals surface area contributed by atoms with Gasteiger partial charge in [-0.2, -0.15) is 0 Å². The third kappa shape index (κ3) is 6.51. The number of methoxy groups -OCH3 is 1. The Labute approximate surface area is 195 Å². The van der Waals surface area contributed by atoms with Crippen LogP contribution in [0, 0.1) is 0 Å². The highest BCUT2D eigenvalue weighted by Crippen LogP contribution is 2.33. The maximum absolute atomic E-state index is 12.7. The van der Waals surface area contributed by atoms with Gasteiger partial charge < -0.3 is 19.5 Å². The molecule has 0 saturated heterocycles. The second kappa shape index (κ2) is 11.9. The Hall–Kier alpha value is -2.48. The van der Waals surface area contributed by atoms with E-state index in [0.717, 1.165) is 40.8 Å². The van der Waals surface area contributed by atoms with Crippen molar-refractivity contribution in [3.05, 3.63) is 42.2 Å². The zero-order chi connectivity index (χ0) is 22.9. The predicted molar refractivity (Wildman–Crippen MR) is 130 cm³/mol. The van der Waals surface area contributed by atoms with Crippen molar-refractivity contribution in [3.63, 3.8) is 0 Å². The molecule has 1 saturated carbocycles. The number of ether oxygens (including phenoxy) is 1. The number of hydrogen-bond acceptors (Lipinski definition) is 6. The molecule has 2 aromatic rings. The van der Waals surface area contributed by atoms with E-state index in [4.69, 9.17) is 4.74 Å². The van der Waals surface area contributed by atoms with Crippen molar-refractivity contribution in [2.45, 2.75) is 63.7 Å². The average Bonchev–Trinajstić information content (AvgIpc) is 3.23. The van der Waals surface area contributed by atoms with E-state index in [0.29, 0.717) is 31.4 Å². The summed E-state index contributed by atoms with van der Waals surface area (Å²) < 4.78 is 7.58. The summed E-state index contributed by atoms with van der Waals surface area (Å²) in [7, 11) is 1.67. The molecule has 1 aromatic carbocycles. The molecular weight excluding hydrogens is 422 g/mol. The molecule has 1 N–H and O–H groups in total. The van der Waals surface area contributed by atoms with Gasteiger partial charge in [0.25, 0.3) is 0 Å². The van der Waals surface area contributed by atoms with Crippen molar-refractivity contribution < 1.29 is 9.53 Å². The normalized spacial score (nSPS) is 14.2. The van der Waals surface area contributed by atoms with E-state index in [1.54, 1.807) is 7.11 Å². The lowest BCUT2D eigenvalue weighted by Crippen LogP contribution is -2.33.